The quantitative estimate of drug-likeness (QED) is 0.908. The third-order valence-corrected chi connectivity index (χ3v) is 3.88. The molecule has 2 amide bonds. The fraction of sp³-hybridized carbons (Fsp3) is 0.500. The van der Waals surface area contributed by atoms with Gasteiger partial charge < -0.3 is 15.1 Å². The van der Waals surface area contributed by atoms with Gasteiger partial charge in [-0.2, -0.15) is 13.2 Å². The number of hydrogen-bond donors (Lipinski definition) is 1. The van der Waals surface area contributed by atoms with Crippen LogP contribution in [-0.2, 0) is 15.8 Å². The SMILES string of the molecule is CC(=O)NCCC(=O)N1CCN(c2cccc(C(F)(F)F)c2)CC1. The summed E-state index contributed by atoms with van der Waals surface area (Å²) in [5, 5.41) is 2.57. The molecule has 0 spiro atoms. The normalized spacial score (nSPS) is 15.3. The molecule has 1 aliphatic heterocycles. The number of carbonyl (C=O) groups is 2. The number of nitrogens with one attached hydrogen (secondary N) is 1. The van der Waals surface area contributed by atoms with Gasteiger partial charge in [0, 0.05) is 51.8 Å². The van der Waals surface area contributed by atoms with E-state index in [4.69, 9.17) is 0 Å². The molecule has 2 rings (SSSR count). The van der Waals surface area contributed by atoms with Crippen LogP contribution in [0.3, 0.4) is 0 Å². The molecule has 0 bridgehead atoms. The molecule has 0 atom stereocenters. The van der Waals surface area contributed by atoms with Gasteiger partial charge in [-0.1, -0.05) is 6.07 Å². The predicted octanol–water partition coefficient (Wildman–Crippen LogP) is 1.88. The van der Waals surface area contributed by atoms with Crippen molar-refractivity contribution in [3.63, 3.8) is 0 Å². The number of amides is 2. The summed E-state index contributed by atoms with van der Waals surface area (Å²) >= 11 is 0. The zero-order chi connectivity index (χ0) is 17.7. The Morgan fingerprint density at radius 3 is 2.42 bits per heavy atom. The van der Waals surface area contributed by atoms with Crippen LogP contribution in [0.1, 0.15) is 18.9 Å². The standard InChI is InChI=1S/C16H20F3N3O2/c1-12(23)20-6-5-15(24)22-9-7-21(8-10-22)14-4-2-3-13(11-14)16(17,18)19/h2-4,11H,5-10H2,1H3,(H,20,23). The Hall–Kier alpha value is -2.25. The van der Waals surface area contributed by atoms with Crippen LogP contribution >= 0.6 is 0 Å². The molecule has 1 heterocycles. The summed E-state index contributed by atoms with van der Waals surface area (Å²) in [6, 6.07) is 5.21. The third kappa shape index (κ3) is 4.87. The Labute approximate surface area is 138 Å². The molecule has 1 aliphatic rings. The highest BCUT2D eigenvalue weighted by molar-refractivity contribution is 5.78. The van der Waals surface area contributed by atoms with Gasteiger partial charge in [0.2, 0.25) is 11.8 Å². The van der Waals surface area contributed by atoms with Crippen LogP contribution in [0, 0.1) is 0 Å². The van der Waals surface area contributed by atoms with E-state index in [1.54, 1.807) is 11.0 Å². The second kappa shape index (κ2) is 7.55. The molecule has 1 saturated heterocycles. The van der Waals surface area contributed by atoms with Gasteiger partial charge >= 0.3 is 6.18 Å². The van der Waals surface area contributed by atoms with Crippen LogP contribution in [0.15, 0.2) is 24.3 Å². The van der Waals surface area contributed by atoms with Crippen molar-refractivity contribution in [1.29, 1.82) is 0 Å². The van der Waals surface area contributed by atoms with Gasteiger partial charge in [-0.3, -0.25) is 9.59 Å². The van der Waals surface area contributed by atoms with E-state index in [1.165, 1.54) is 13.0 Å². The number of halogens is 3. The van der Waals surface area contributed by atoms with Crippen molar-refractivity contribution < 1.29 is 22.8 Å². The minimum absolute atomic E-state index is 0.0626. The Morgan fingerprint density at radius 1 is 1.17 bits per heavy atom. The van der Waals surface area contributed by atoms with Crippen LogP contribution < -0.4 is 10.2 Å². The summed E-state index contributed by atoms with van der Waals surface area (Å²) in [7, 11) is 0. The number of nitrogens with zero attached hydrogens (tertiary/aromatic N) is 2. The highest BCUT2D eigenvalue weighted by Crippen LogP contribution is 2.31. The van der Waals surface area contributed by atoms with E-state index in [0.29, 0.717) is 38.4 Å². The number of hydrogen-bond acceptors (Lipinski definition) is 3. The zero-order valence-corrected chi connectivity index (χ0v) is 13.4. The van der Waals surface area contributed by atoms with Crippen LogP contribution in [-0.4, -0.2) is 49.4 Å². The summed E-state index contributed by atoms with van der Waals surface area (Å²) < 4.78 is 38.3. The lowest BCUT2D eigenvalue weighted by Gasteiger charge is -2.36. The van der Waals surface area contributed by atoms with Gasteiger partial charge in [0.15, 0.2) is 0 Å². The maximum absolute atomic E-state index is 12.8. The van der Waals surface area contributed by atoms with E-state index in [0.717, 1.165) is 12.1 Å². The second-order valence-electron chi connectivity index (χ2n) is 5.65. The van der Waals surface area contributed by atoms with E-state index in [2.05, 4.69) is 5.32 Å². The lowest BCUT2D eigenvalue weighted by Crippen LogP contribution is -2.49. The average molecular weight is 343 g/mol. The van der Waals surface area contributed by atoms with Gasteiger partial charge in [0.1, 0.15) is 0 Å². The van der Waals surface area contributed by atoms with Crippen molar-refractivity contribution in [1.82, 2.24) is 10.2 Å². The number of benzene rings is 1. The molecule has 5 nitrogen and oxygen atoms in total. The average Bonchev–Trinajstić information content (AvgIpc) is 2.54. The first-order valence-corrected chi connectivity index (χ1v) is 7.72. The smallest absolute Gasteiger partial charge is 0.368 e. The molecule has 0 aliphatic carbocycles. The van der Waals surface area contributed by atoms with E-state index in [1.807, 2.05) is 4.90 Å². The highest BCUT2D eigenvalue weighted by atomic mass is 19.4. The highest BCUT2D eigenvalue weighted by Gasteiger charge is 2.31. The third-order valence-electron chi connectivity index (χ3n) is 3.88. The maximum atomic E-state index is 12.8. The Kier molecular flexibility index (Phi) is 5.69. The summed E-state index contributed by atoms with van der Waals surface area (Å²) in [4.78, 5) is 26.3. The van der Waals surface area contributed by atoms with Crippen molar-refractivity contribution in [2.45, 2.75) is 19.5 Å². The van der Waals surface area contributed by atoms with E-state index in [9.17, 15) is 22.8 Å². The van der Waals surface area contributed by atoms with Crippen molar-refractivity contribution in [3.8, 4) is 0 Å². The largest absolute Gasteiger partial charge is 0.416 e. The summed E-state index contributed by atoms with van der Waals surface area (Å²) in [6.45, 7) is 3.55. The van der Waals surface area contributed by atoms with Crippen molar-refractivity contribution in [3.05, 3.63) is 29.8 Å². The molecule has 24 heavy (non-hydrogen) atoms. The first-order valence-electron chi connectivity index (χ1n) is 7.72. The maximum Gasteiger partial charge on any atom is 0.416 e. The molecular weight excluding hydrogens is 323 g/mol. The van der Waals surface area contributed by atoms with Gasteiger partial charge in [-0.05, 0) is 18.2 Å². The number of anilines is 1. The van der Waals surface area contributed by atoms with Gasteiger partial charge in [0.05, 0.1) is 5.56 Å². The molecule has 0 radical (unpaired) electrons. The molecule has 1 N–H and O–H groups in total. The molecule has 0 aromatic heterocycles. The fourth-order valence-corrected chi connectivity index (χ4v) is 2.60. The molecule has 1 fully saturated rings. The summed E-state index contributed by atoms with van der Waals surface area (Å²) in [5.74, 6) is -0.246. The molecular formula is C16H20F3N3O2. The monoisotopic (exact) mass is 343 g/mol. The molecule has 0 unspecified atom stereocenters. The van der Waals surface area contributed by atoms with Crippen LogP contribution in [0.2, 0.25) is 0 Å². The first kappa shape index (κ1) is 18.1. The minimum atomic E-state index is -4.36. The van der Waals surface area contributed by atoms with Crippen molar-refractivity contribution in [2.24, 2.45) is 0 Å². The topological polar surface area (TPSA) is 52.7 Å². The van der Waals surface area contributed by atoms with E-state index < -0.39 is 11.7 Å². The second-order valence-corrected chi connectivity index (χ2v) is 5.65. The number of rotatable bonds is 4. The van der Waals surface area contributed by atoms with Crippen LogP contribution in [0.5, 0.6) is 0 Å². The Morgan fingerprint density at radius 2 is 1.83 bits per heavy atom. The van der Waals surface area contributed by atoms with Gasteiger partial charge in [0.25, 0.3) is 0 Å². The van der Waals surface area contributed by atoms with E-state index >= 15 is 0 Å². The molecule has 1 aromatic carbocycles. The van der Waals surface area contributed by atoms with Gasteiger partial charge in [-0.25, -0.2) is 0 Å². The van der Waals surface area contributed by atoms with E-state index in [-0.39, 0.29) is 18.2 Å². The molecule has 8 heteroatoms. The Balaban J connectivity index is 1.88. The number of carbonyl (C=O) groups excluding carboxylic acids is 2. The summed E-state index contributed by atoms with van der Waals surface area (Å²) in [5.41, 5.74) is -0.163. The molecule has 132 valence electrons. The Bertz CT molecular complexity index is 596. The lowest BCUT2D eigenvalue weighted by atomic mass is 10.1. The number of alkyl halides is 3. The van der Waals surface area contributed by atoms with Crippen LogP contribution in [0.4, 0.5) is 18.9 Å². The first-order chi connectivity index (χ1) is 11.3. The molecule has 1 aromatic rings. The lowest BCUT2D eigenvalue weighted by molar-refractivity contribution is -0.137. The predicted molar refractivity (Wildman–Crippen MR) is 83.5 cm³/mol. The zero-order valence-electron chi connectivity index (χ0n) is 13.4. The minimum Gasteiger partial charge on any atom is -0.368 e. The number of piperazine rings is 1. The van der Waals surface area contributed by atoms with Gasteiger partial charge in [-0.15, -0.1) is 0 Å². The fourth-order valence-electron chi connectivity index (χ4n) is 2.60. The summed E-state index contributed by atoms with van der Waals surface area (Å²) in [6.07, 6.45) is -4.14. The molecule has 0 saturated carbocycles. The van der Waals surface area contributed by atoms with Crippen molar-refractivity contribution in [2.75, 3.05) is 37.6 Å². The van der Waals surface area contributed by atoms with Crippen molar-refractivity contribution >= 4 is 17.5 Å². The van der Waals surface area contributed by atoms with Crippen LogP contribution in [0.25, 0.3) is 0 Å².